The molecule has 0 saturated carbocycles. The number of nitriles is 1. The van der Waals surface area contributed by atoms with Gasteiger partial charge in [-0.05, 0) is 86.3 Å². The summed E-state index contributed by atoms with van der Waals surface area (Å²) < 4.78 is 24.5. The minimum Gasteiger partial charge on any atom is -0.478 e. The fraction of sp³-hybridized carbons (Fsp3) is 0.324. The molecule has 218 valence electrons. The summed E-state index contributed by atoms with van der Waals surface area (Å²) in [5.74, 6) is 0.0638. The fourth-order valence-electron chi connectivity index (χ4n) is 6.53. The van der Waals surface area contributed by atoms with E-state index in [1.807, 2.05) is 12.3 Å². The first-order valence-electron chi connectivity index (χ1n) is 14.8. The van der Waals surface area contributed by atoms with E-state index in [2.05, 4.69) is 38.3 Å². The molecule has 2 fully saturated rings. The van der Waals surface area contributed by atoms with Crippen molar-refractivity contribution in [3.05, 3.63) is 101 Å². The number of aromatic nitrogens is 3. The van der Waals surface area contributed by atoms with Gasteiger partial charge in [-0.25, -0.2) is 14.2 Å². The van der Waals surface area contributed by atoms with Crippen LogP contribution in [0.1, 0.15) is 58.1 Å². The van der Waals surface area contributed by atoms with Gasteiger partial charge in [-0.1, -0.05) is 18.2 Å². The van der Waals surface area contributed by atoms with Crippen LogP contribution in [-0.4, -0.2) is 55.9 Å². The molecule has 2 aromatic heterocycles. The van der Waals surface area contributed by atoms with Crippen LogP contribution in [0.25, 0.3) is 21.9 Å². The molecular formula is C34H32FN5O3. The van der Waals surface area contributed by atoms with Gasteiger partial charge in [0.15, 0.2) is 0 Å². The summed E-state index contributed by atoms with van der Waals surface area (Å²) in [4.78, 5) is 19.0. The summed E-state index contributed by atoms with van der Waals surface area (Å²) in [6.45, 7) is 4.42. The molecule has 0 aliphatic carbocycles. The molecule has 0 unspecified atom stereocenters. The Morgan fingerprint density at radius 3 is 2.60 bits per heavy atom. The zero-order valence-electron chi connectivity index (χ0n) is 23.7. The van der Waals surface area contributed by atoms with Crippen molar-refractivity contribution in [1.82, 2.24) is 19.0 Å². The quantitative estimate of drug-likeness (QED) is 0.246. The van der Waals surface area contributed by atoms with E-state index in [0.29, 0.717) is 36.7 Å². The highest BCUT2D eigenvalue weighted by Gasteiger charge is 2.26. The Balaban J connectivity index is 1.07. The van der Waals surface area contributed by atoms with Gasteiger partial charge in [-0.15, -0.1) is 0 Å². The van der Waals surface area contributed by atoms with Crippen LogP contribution in [0.15, 0.2) is 66.9 Å². The molecule has 0 spiro atoms. The highest BCUT2D eigenvalue weighted by Crippen LogP contribution is 2.35. The van der Waals surface area contributed by atoms with Gasteiger partial charge in [0.25, 0.3) is 0 Å². The van der Waals surface area contributed by atoms with Crippen molar-refractivity contribution in [1.29, 1.82) is 5.26 Å². The minimum absolute atomic E-state index is 0.136. The van der Waals surface area contributed by atoms with E-state index in [9.17, 15) is 14.3 Å². The van der Waals surface area contributed by atoms with Crippen molar-refractivity contribution >= 4 is 27.9 Å². The van der Waals surface area contributed by atoms with Crippen molar-refractivity contribution < 1.29 is 19.0 Å². The number of carboxylic acid groups (broad SMARTS) is 1. The van der Waals surface area contributed by atoms with E-state index in [1.54, 1.807) is 30.3 Å². The van der Waals surface area contributed by atoms with Gasteiger partial charge in [-0.3, -0.25) is 4.90 Å². The average molecular weight is 578 g/mol. The Morgan fingerprint density at radius 2 is 1.88 bits per heavy atom. The molecule has 3 aromatic carbocycles. The molecule has 2 aliphatic heterocycles. The number of rotatable bonds is 8. The van der Waals surface area contributed by atoms with Crippen molar-refractivity contribution in [3.8, 4) is 6.07 Å². The Hall–Kier alpha value is -4.52. The predicted molar refractivity (Wildman–Crippen MR) is 160 cm³/mol. The lowest BCUT2D eigenvalue weighted by Crippen LogP contribution is -2.35. The number of benzene rings is 3. The second-order valence-electron chi connectivity index (χ2n) is 11.6. The van der Waals surface area contributed by atoms with E-state index in [0.717, 1.165) is 61.3 Å². The summed E-state index contributed by atoms with van der Waals surface area (Å²) in [5, 5.41) is 19.8. The topological polar surface area (TPSA) is 96.3 Å². The monoisotopic (exact) mass is 577 g/mol. The highest BCUT2D eigenvalue weighted by atomic mass is 19.1. The van der Waals surface area contributed by atoms with E-state index >= 15 is 0 Å². The van der Waals surface area contributed by atoms with Crippen LogP contribution in [0.5, 0.6) is 0 Å². The lowest BCUT2D eigenvalue weighted by molar-refractivity contribution is -0.0592. The number of halogens is 1. The van der Waals surface area contributed by atoms with Crippen LogP contribution in [-0.2, 0) is 24.4 Å². The van der Waals surface area contributed by atoms with Crippen molar-refractivity contribution in [2.24, 2.45) is 0 Å². The van der Waals surface area contributed by atoms with Crippen molar-refractivity contribution in [3.63, 3.8) is 0 Å². The van der Waals surface area contributed by atoms with Crippen LogP contribution in [0, 0.1) is 17.1 Å². The zero-order valence-corrected chi connectivity index (χ0v) is 23.7. The van der Waals surface area contributed by atoms with Crippen molar-refractivity contribution in [2.45, 2.75) is 50.9 Å². The van der Waals surface area contributed by atoms with Crippen LogP contribution < -0.4 is 0 Å². The molecule has 1 N–H and O–H groups in total. The van der Waals surface area contributed by atoms with Crippen LogP contribution in [0.4, 0.5) is 4.39 Å². The molecular weight excluding hydrogens is 545 g/mol. The standard InChI is InChI=1S/C34H32FN5O3/c35-29-16-22(18-36)4-5-25(29)19-39-14-10-28-27(2-1-3-31(28)39)23-8-12-38(13-9-23)21-33-37-30-7-6-24(34(41)42)17-32(30)40(33)20-26-11-15-43-26/h1-7,10,14,16-17,23,26H,8-9,11-13,15,19-21H2,(H,41,42)/t26-/m0/s1. The first-order chi connectivity index (χ1) is 21.0. The molecule has 9 heteroatoms. The Morgan fingerprint density at radius 1 is 1.05 bits per heavy atom. The minimum atomic E-state index is -0.940. The number of ether oxygens (including phenoxy) is 1. The summed E-state index contributed by atoms with van der Waals surface area (Å²) in [5.41, 5.74) is 5.21. The molecule has 0 bridgehead atoms. The second-order valence-corrected chi connectivity index (χ2v) is 11.6. The molecule has 2 saturated heterocycles. The maximum absolute atomic E-state index is 14.6. The first-order valence-corrected chi connectivity index (χ1v) is 14.8. The van der Waals surface area contributed by atoms with Gasteiger partial charge < -0.3 is 19.0 Å². The van der Waals surface area contributed by atoms with Crippen LogP contribution in [0.3, 0.4) is 0 Å². The SMILES string of the molecule is N#Cc1ccc(Cn2ccc3c(C4CCN(Cc5nc6ccc(C(=O)O)cc6n5C[C@@H]5CCO5)CC4)cccc32)c(F)c1. The number of hydrogen-bond donors (Lipinski definition) is 1. The Labute approximate surface area is 248 Å². The number of carbonyl (C=O) groups is 1. The molecule has 0 amide bonds. The lowest BCUT2D eigenvalue weighted by atomic mass is 9.87. The Bertz CT molecular complexity index is 1870. The van der Waals surface area contributed by atoms with Gasteiger partial charge in [-0.2, -0.15) is 5.26 Å². The third-order valence-electron chi connectivity index (χ3n) is 9.02. The van der Waals surface area contributed by atoms with Gasteiger partial charge in [0.1, 0.15) is 11.6 Å². The van der Waals surface area contributed by atoms with Crippen molar-refractivity contribution in [2.75, 3.05) is 19.7 Å². The van der Waals surface area contributed by atoms with Crippen LogP contribution >= 0.6 is 0 Å². The molecule has 5 aromatic rings. The summed E-state index contributed by atoms with van der Waals surface area (Å²) in [7, 11) is 0. The van der Waals surface area contributed by atoms with E-state index in [1.165, 1.54) is 17.0 Å². The number of piperidine rings is 1. The average Bonchev–Trinajstić information content (AvgIpc) is 3.56. The smallest absolute Gasteiger partial charge is 0.335 e. The van der Waals surface area contributed by atoms with E-state index in [-0.39, 0.29) is 17.5 Å². The van der Waals surface area contributed by atoms with E-state index < -0.39 is 5.97 Å². The highest BCUT2D eigenvalue weighted by molar-refractivity contribution is 5.92. The summed E-state index contributed by atoms with van der Waals surface area (Å²) in [6.07, 6.45) is 5.19. The number of aromatic carboxylic acids is 1. The molecule has 7 rings (SSSR count). The number of imidazole rings is 1. The van der Waals surface area contributed by atoms with Gasteiger partial charge >= 0.3 is 5.97 Å². The zero-order chi connectivity index (χ0) is 29.5. The molecule has 8 nitrogen and oxygen atoms in total. The number of fused-ring (bicyclic) bond motifs is 2. The van der Waals surface area contributed by atoms with Crippen LogP contribution in [0.2, 0.25) is 0 Å². The largest absolute Gasteiger partial charge is 0.478 e. The maximum atomic E-state index is 14.6. The number of likely N-dealkylation sites (tertiary alicyclic amines) is 1. The summed E-state index contributed by atoms with van der Waals surface area (Å²) >= 11 is 0. The maximum Gasteiger partial charge on any atom is 0.335 e. The van der Waals surface area contributed by atoms with Gasteiger partial charge in [0.2, 0.25) is 0 Å². The first kappa shape index (κ1) is 27.3. The number of hydrogen-bond acceptors (Lipinski definition) is 5. The molecule has 1 atom stereocenters. The second kappa shape index (κ2) is 11.3. The van der Waals surface area contributed by atoms with Gasteiger partial charge in [0.05, 0.1) is 54.0 Å². The van der Waals surface area contributed by atoms with Gasteiger partial charge in [0, 0.05) is 29.3 Å². The molecule has 0 radical (unpaired) electrons. The third kappa shape index (κ3) is 5.29. The predicted octanol–water partition coefficient (Wildman–Crippen LogP) is 5.92. The lowest BCUT2D eigenvalue weighted by Gasteiger charge is -2.33. The Kier molecular flexibility index (Phi) is 7.17. The molecule has 43 heavy (non-hydrogen) atoms. The number of carboxylic acids is 1. The summed E-state index contributed by atoms with van der Waals surface area (Å²) in [6, 6.07) is 20.3. The molecule has 4 heterocycles. The third-order valence-corrected chi connectivity index (χ3v) is 9.02. The van der Waals surface area contributed by atoms with E-state index in [4.69, 9.17) is 15.0 Å². The number of nitrogens with zero attached hydrogens (tertiary/aromatic N) is 5. The fourth-order valence-corrected chi connectivity index (χ4v) is 6.53. The molecule has 2 aliphatic rings. The normalized spacial score (nSPS) is 17.7.